The number of benzene rings is 1. The molecule has 1 aromatic rings. The quantitative estimate of drug-likeness (QED) is 0.808. The molecule has 90 valence electrons. The van der Waals surface area contributed by atoms with Gasteiger partial charge in [0.25, 0.3) is 0 Å². The third-order valence-corrected chi connectivity index (χ3v) is 4.20. The lowest BCUT2D eigenvalue weighted by atomic mass is 9.93. The van der Waals surface area contributed by atoms with Crippen molar-refractivity contribution in [3.8, 4) is 0 Å². The summed E-state index contributed by atoms with van der Waals surface area (Å²) < 4.78 is 13.1. The third-order valence-electron chi connectivity index (χ3n) is 4.20. The van der Waals surface area contributed by atoms with Crippen LogP contribution < -0.4 is 11.1 Å². The van der Waals surface area contributed by atoms with Gasteiger partial charge in [-0.25, -0.2) is 4.39 Å². The van der Waals surface area contributed by atoms with Crippen molar-refractivity contribution in [3.63, 3.8) is 0 Å². The molecular formula is C13H15FN2O. The average Bonchev–Trinajstić information content (AvgIpc) is 2.69. The molecule has 2 aliphatic rings. The molecule has 17 heavy (non-hydrogen) atoms. The number of rotatable bonds is 3. The summed E-state index contributed by atoms with van der Waals surface area (Å²) in [5.74, 6) is -0.138. The van der Waals surface area contributed by atoms with Crippen LogP contribution in [0, 0.1) is 23.1 Å². The van der Waals surface area contributed by atoms with Gasteiger partial charge in [0.05, 0.1) is 0 Å². The minimum Gasteiger partial charge on any atom is -0.369 e. The first-order chi connectivity index (χ1) is 8.13. The van der Waals surface area contributed by atoms with E-state index in [9.17, 15) is 9.18 Å². The molecule has 3 nitrogen and oxygen atoms in total. The predicted molar refractivity (Wildman–Crippen MR) is 61.6 cm³/mol. The Kier molecular flexibility index (Phi) is 2.23. The van der Waals surface area contributed by atoms with Gasteiger partial charge in [0.15, 0.2) is 0 Å². The molecular weight excluding hydrogens is 219 g/mol. The maximum absolute atomic E-state index is 13.1. The summed E-state index contributed by atoms with van der Waals surface area (Å²) >= 11 is 0. The van der Waals surface area contributed by atoms with Crippen molar-refractivity contribution in [2.75, 3.05) is 13.1 Å². The van der Waals surface area contributed by atoms with E-state index in [1.54, 1.807) is 12.1 Å². The van der Waals surface area contributed by atoms with E-state index in [0.29, 0.717) is 5.92 Å². The van der Waals surface area contributed by atoms with Gasteiger partial charge < -0.3 is 11.1 Å². The largest absolute Gasteiger partial charge is 0.369 e. The molecule has 3 unspecified atom stereocenters. The SMILES string of the molecule is NC(=O)C1C2CNCC21Cc1cccc(F)c1. The molecule has 4 heteroatoms. The van der Waals surface area contributed by atoms with Crippen LogP contribution in [0.5, 0.6) is 0 Å². The zero-order valence-electron chi connectivity index (χ0n) is 9.45. The van der Waals surface area contributed by atoms with Gasteiger partial charge in [-0.05, 0) is 36.6 Å². The van der Waals surface area contributed by atoms with Gasteiger partial charge in [-0.1, -0.05) is 12.1 Å². The number of hydrogen-bond donors (Lipinski definition) is 2. The summed E-state index contributed by atoms with van der Waals surface area (Å²) in [6, 6.07) is 6.59. The van der Waals surface area contributed by atoms with Crippen LogP contribution in [0.1, 0.15) is 5.56 Å². The molecule has 3 atom stereocenters. The van der Waals surface area contributed by atoms with Gasteiger partial charge in [0.2, 0.25) is 5.91 Å². The van der Waals surface area contributed by atoms with Gasteiger partial charge in [0.1, 0.15) is 5.82 Å². The minimum atomic E-state index is -0.224. The van der Waals surface area contributed by atoms with Crippen LogP contribution in [0.25, 0.3) is 0 Å². The lowest BCUT2D eigenvalue weighted by molar-refractivity contribution is -0.120. The number of nitrogens with two attached hydrogens (primary N) is 1. The summed E-state index contributed by atoms with van der Waals surface area (Å²) in [7, 11) is 0. The Morgan fingerprint density at radius 1 is 1.59 bits per heavy atom. The predicted octanol–water partition coefficient (Wildman–Crippen LogP) is 0.689. The molecule has 3 rings (SSSR count). The van der Waals surface area contributed by atoms with Crippen molar-refractivity contribution in [2.45, 2.75) is 6.42 Å². The zero-order chi connectivity index (χ0) is 12.0. The number of hydrogen-bond acceptors (Lipinski definition) is 2. The fraction of sp³-hybridized carbons (Fsp3) is 0.462. The summed E-state index contributed by atoms with van der Waals surface area (Å²) in [6.07, 6.45) is 0.732. The van der Waals surface area contributed by atoms with Crippen LogP contribution in [0.3, 0.4) is 0 Å². The Morgan fingerprint density at radius 3 is 3.06 bits per heavy atom. The van der Waals surface area contributed by atoms with E-state index < -0.39 is 0 Å². The topological polar surface area (TPSA) is 55.1 Å². The van der Waals surface area contributed by atoms with E-state index in [1.165, 1.54) is 6.07 Å². The number of primary amides is 1. The highest BCUT2D eigenvalue weighted by atomic mass is 19.1. The van der Waals surface area contributed by atoms with Gasteiger partial charge in [-0.3, -0.25) is 4.79 Å². The third kappa shape index (κ3) is 1.55. The molecule has 0 spiro atoms. The van der Waals surface area contributed by atoms with Crippen LogP contribution in [-0.4, -0.2) is 19.0 Å². The molecule has 0 aromatic heterocycles. The van der Waals surface area contributed by atoms with Crippen LogP contribution in [0.2, 0.25) is 0 Å². The molecule has 1 amide bonds. The first kappa shape index (κ1) is 10.7. The minimum absolute atomic E-state index is 0.0352. The van der Waals surface area contributed by atoms with Crippen LogP contribution >= 0.6 is 0 Å². The Hall–Kier alpha value is -1.42. The molecule has 1 saturated heterocycles. The Labute approximate surface area is 99.2 Å². The number of nitrogens with one attached hydrogen (secondary N) is 1. The Bertz CT molecular complexity index is 476. The normalized spacial score (nSPS) is 34.4. The second-order valence-electron chi connectivity index (χ2n) is 5.16. The first-order valence-corrected chi connectivity index (χ1v) is 5.88. The Morgan fingerprint density at radius 2 is 2.41 bits per heavy atom. The summed E-state index contributed by atoms with van der Waals surface area (Å²) in [5.41, 5.74) is 6.31. The number of carbonyl (C=O) groups excluding carboxylic acids is 1. The average molecular weight is 234 g/mol. The molecule has 3 N–H and O–H groups in total. The number of halogens is 1. The fourth-order valence-electron chi connectivity index (χ4n) is 3.41. The molecule has 1 aliphatic carbocycles. The van der Waals surface area contributed by atoms with Crippen LogP contribution in [0.15, 0.2) is 24.3 Å². The Balaban J connectivity index is 1.83. The number of amides is 1. The van der Waals surface area contributed by atoms with Crippen LogP contribution in [0.4, 0.5) is 4.39 Å². The van der Waals surface area contributed by atoms with Crippen molar-refractivity contribution >= 4 is 5.91 Å². The smallest absolute Gasteiger partial charge is 0.221 e. The van der Waals surface area contributed by atoms with E-state index >= 15 is 0 Å². The van der Waals surface area contributed by atoms with Crippen molar-refractivity contribution in [2.24, 2.45) is 23.0 Å². The molecule has 0 bridgehead atoms. The second kappa shape index (κ2) is 3.53. The number of carbonyl (C=O) groups is 1. The van der Waals surface area contributed by atoms with E-state index in [0.717, 1.165) is 25.1 Å². The molecule has 0 radical (unpaired) electrons. The maximum Gasteiger partial charge on any atom is 0.221 e. The van der Waals surface area contributed by atoms with Gasteiger partial charge >= 0.3 is 0 Å². The molecule has 1 heterocycles. The van der Waals surface area contributed by atoms with E-state index in [1.807, 2.05) is 6.07 Å². The fourth-order valence-corrected chi connectivity index (χ4v) is 3.41. The summed E-state index contributed by atoms with van der Waals surface area (Å²) in [4.78, 5) is 11.4. The first-order valence-electron chi connectivity index (χ1n) is 5.88. The maximum atomic E-state index is 13.1. The van der Waals surface area contributed by atoms with Gasteiger partial charge in [0, 0.05) is 17.9 Å². The van der Waals surface area contributed by atoms with Crippen molar-refractivity contribution in [3.05, 3.63) is 35.6 Å². The number of fused-ring (bicyclic) bond motifs is 1. The summed E-state index contributed by atoms with van der Waals surface area (Å²) in [5, 5.41) is 3.28. The molecule has 1 aromatic carbocycles. The van der Waals surface area contributed by atoms with Gasteiger partial charge in [-0.2, -0.15) is 0 Å². The van der Waals surface area contributed by atoms with Crippen LogP contribution in [-0.2, 0) is 11.2 Å². The lowest BCUT2D eigenvalue weighted by Gasteiger charge is -2.14. The highest BCUT2D eigenvalue weighted by molar-refractivity contribution is 5.82. The zero-order valence-corrected chi connectivity index (χ0v) is 9.45. The highest BCUT2D eigenvalue weighted by Gasteiger charge is 2.68. The lowest BCUT2D eigenvalue weighted by Crippen LogP contribution is -2.28. The second-order valence-corrected chi connectivity index (χ2v) is 5.16. The van der Waals surface area contributed by atoms with E-state index in [2.05, 4.69) is 5.32 Å². The van der Waals surface area contributed by atoms with Crippen molar-refractivity contribution in [1.82, 2.24) is 5.32 Å². The van der Waals surface area contributed by atoms with E-state index in [4.69, 9.17) is 5.73 Å². The highest BCUT2D eigenvalue weighted by Crippen LogP contribution is 2.62. The molecule has 1 aliphatic heterocycles. The van der Waals surface area contributed by atoms with Crippen molar-refractivity contribution in [1.29, 1.82) is 0 Å². The monoisotopic (exact) mass is 234 g/mol. The number of piperidine rings is 1. The molecule has 2 fully saturated rings. The molecule has 1 saturated carbocycles. The van der Waals surface area contributed by atoms with Crippen molar-refractivity contribution < 1.29 is 9.18 Å². The summed E-state index contributed by atoms with van der Waals surface area (Å²) in [6.45, 7) is 1.66. The van der Waals surface area contributed by atoms with Gasteiger partial charge in [-0.15, -0.1) is 0 Å². The van der Waals surface area contributed by atoms with E-state index in [-0.39, 0.29) is 23.1 Å². The standard InChI is InChI=1S/C13H15FN2O/c14-9-3-1-2-8(4-9)5-13-7-16-6-10(13)11(13)12(15)17/h1-4,10-11,16H,5-7H2,(H2,15,17).